The maximum absolute atomic E-state index is 12.5. The Morgan fingerprint density at radius 1 is 1.30 bits per heavy atom. The number of carbonyl (C=O) groups is 1. The van der Waals surface area contributed by atoms with Crippen LogP contribution in [0, 0.1) is 0 Å². The first-order valence-corrected chi connectivity index (χ1v) is 7.20. The molecule has 1 aromatic rings. The molecule has 1 aromatic carbocycles. The molecule has 1 atom stereocenters. The molecular formula is C11H11F3N2O3S. The summed E-state index contributed by atoms with van der Waals surface area (Å²) in [6, 6.07) is 6.09. The fourth-order valence-electron chi connectivity index (χ4n) is 2.25. The summed E-state index contributed by atoms with van der Waals surface area (Å²) >= 11 is 0. The van der Waals surface area contributed by atoms with Crippen LogP contribution in [0.5, 0.6) is 0 Å². The molecule has 0 saturated heterocycles. The van der Waals surface area contributed by atoms with Crippen molar-refractivity contribution in [1.29, 1.82) is 0 Å². The van der Waals surface area contributed by atoms with Crippen molar-refractivity contribution in [1.82, 2.24) is 4.90 Å². The summed E-state index contributed by atoms with van der Waals surface area (Å²) in [5.74, 6) is -2.20. The summed E-state index contributed by atoms with van der Waals surface area (Å²) in [6.45, 7) is -0.351. The molecule has 1 amide bonds. The highest BCUT2D eigenvalue weighted by Crippen LogP contribution is 2.35. The molecule has 9 heteroatoms. The van der Waals surface area contributed by atoms with Gasteiger partial charge in [-0.1, -0.05) is 24.3 Å². The largest absolute Gasteiger partial charge is 0.471 e. The first-order valence-electron chi connectivity index (χ1n) is 5.59. The number of primary sulfonamides is 1. The Balaban J connectivity index is 2.54. The highest BCUT2D eigenvalue weighted by atomic mass is 32.2. The number of carbonyl (C=O) groups excluding carboxylic acids is 1. The molecular weight excluding hydrogens is 297 g/mol. The van der Waals surface area contributed by atoms with E-state index in [1.807, 2.05) is 0 Å². The van der Waals surface area contributed by atoms with E-state index in [4.69, 9.17) is 5.14 Å². The average Bonchev–Trinajstić information content (AvgIpc) is 2.34. The molecule has 0 bridgehead atoms. The van der Waals surface area contributed by atoms with Crippen molar-refractivity contribution in [2.24, 2.45) is 5.14 Å². The van der Waals surface area contributed by atoms with E-state index in [0.717, 1.165) is 0 Å². The second-order valence-corrected chi connectivity index (χ2v) is 6.01. The molecule has 0 radical (unpaired) electrons. The number of fused-ring (bicyclic) bond motifs is 1. The van der Waals surface area contributed by atoms with Crippen molar-refractivity contribution >= 4 is 15.9 Å². The van der Waals surface area contributed by atoms with E-state index >= 15 is 0 Å². The van der Waals surface area contributed by atoms with E-state index in [1.165, 1.54) is 12.1 Å². The number of rotatable bonds is 1. The number of sulfonamides is 1. The average molecular weight is 308 g/mol. The van der Waals surface area contributed by atoms with Crippen molar-refractivity contribution in [3.8, 4) is 0 Å². The molecule has 0 fully saturated rings. The SMILES string of the molecule is NS(=O)(=O)C1c2ccccc2CCN1C(=O)C(F)(F)F. The van der Waals surface area contributed by atoms with E-state index < -0.39 is 27.5 Å². The number of amides is 1. The van der Waals surface area contributed by atoms with Crippen LogP contribution >= 0.6 is 0 Å². The van der Waals surface area contributed by atoms with Crippen molar-refractivity contribution < 1.29 is 26.4 Å². The van der Waals surface area contributed by atoms with Crippen molar-refractivity contribution in [3.63, 3.8) is 0 Å². The molecule has 2 N–H and O–H groups in total. The lowest BCUT2D eigenvalue weighted by atomic mass is 9.99. The number of hydrogen-bond donors (Lipinski definition) is 1. The van der Waals surface area contributed by atoms with E-state index in [-0.39, 0.29) is 23.4 Å². The van der Waals surface area contributed by atoms with E-state index in [1.54, 1.807) is 12.1 Å². The minimum atomic E-state index is -5.14. The Labute approximate surface area is 113 Å². The van der Waals surface area contributed by atoms with Crippen LogP contribution in [0.3, 0.4) is 0 Å². The predicted octanol–water partition coefficient (Wildman–Crippen LogP) is 0.921. The normalized spacial score (nSPS) is 19.6. The molecule has 0 aliphatic carbocycles. The lowest BCUT2D eigenvalue weighted by molar-refractivity contribution is -0.186. The van der Waals surface area contributed by atoms with Gasteiger partial charge in [0.1, 0.15) is 0 Å². The van der Waals surface area contributed by atoms with Gasteiger partial charge in [0.15, 0.2) is 5.37 Å². The van der Waals surface area contributed by atoms with Crippen LogP contribution in [-0.4, -0.2) is 31.9 Å². The first kappa shape index (κ1) is 14.8. The van der Waals surface area contributed by atoms with Crippen molar-refractivity contribution in [2.75, 3.05) is 6.54 Å². The quantitative estimate of drug-likeness (QED) is 0.837. The van der Waals surface area contributed by atoms with Crippen LogP contribution in [0.2, 0.25) is 0 Å². The molecule has 1 unspecified atom stereocenters. The van der Waals surface area contributed by atoms with E-state index in [0.29, 0.717) is 5.56 Å². The van der Waals surface area contributed by atoms with Crippen molar-refractivity contribution in [3.05, 3.63) is 35.4 Å². The zero-order chi connectivity index (χ0) is 15.1. The fourth-order valence-corrected chi connectivity index (χ4v) is 3.39. The van der Waals surface area contributed by atoms with Crippen LogP contribution in [0.15, 0.2) is 24.3 Å². The molecule has 2 rings (SSSR count). The molecule has 1 aliphatic heterocycles. The molecule has 5 nitrogen and oxygen atoms in total. The monoisotopic (exact) mass is 308 g/mol. The van der Waals surface area contributed by atoms with Gasteiger partial charge in [0, 0.05) is 6.54 Å². The molecule has 20 heavy (non-hydrogen) atoms. The predicted molar refractivity (Wildman–Crippen MR) is 63.8 cm³/mol. The van der Waals surface area contributed by atoms with Gasteiger partial charge >= 0.3 is 12.1 Å². The maximum atomic E-state index is 12.5. The number of benzene rings is 1. The summed E-state index contributed by atoms with van der Waals surface area (Å²) in [5, 5.41) is 3.20. The number of alkyl halides is 3. The smallest absolute Gasteiger partial charge is 0.313 e. The van der Waals surface area contributed by atoms with Crippen LogP contribution in [0.25, 0.3) is 0 Å². The topological polar surface area (TPSA) is 80.5 Å². The molecule has 0 saturated carbocycles. The van der Waals surface area contributed by atoms with Crippen LogP contribution in [0.4, 0.5) is 13.2 Å². The van der Waals surface area contributed by atoms with E-state index in [9.17, 15) is 26.4 Å². The zero-order valence-corrected chi connectivity index (χ0v) is 10.9. The van der Waals surface area contributed by atoms with Gasteiger partial charge < -0.3 is 4.90 Å². The standard InChI is InChI=1S/C11H11F3N2O3S/c12-11(13,14)10(17)16-6-5-7-3-1-2-4-8(7)9(16)20(15,18)19/h1-4,9H,5-6H2,(H2,15,18,19). The summed E-state index contributed by atoms with van der Waals surface area (Å²) in [7, 11) is -4.39. The van der Waals surface area contributed by atoms with Gasteiger partial charge in [-0.05, 0) is 17.5 Å². The Hall–Kier alpha value is -1.61. The highest BCUT2D eigenvalue weighted by molar-refractivity contribution is 7.89. The number of halogens is 3. The maximum Gasteiger partial charge on any atom is 0.471 e. The van der Waals surface area contributed by atoms with Gasteiger partial charge in [-0.25, -0.2) is 13.6 Å². The summed E-state index contributed by atoms with van der Waals surface area (Å²) < 4.78 is 60.8. The molecule has 110 valence electrons. The third-order valence-corrected chi connectivity index (χ3v) is 4.17. The Bertz CT molecular complexity index is 643. The van der Waals surface area contributed by atoms with Crippen LogP contribution in [0.1, 0.15) is 16.5 Å². The van der Waals surface area contributed by atoms with Gasteiger partial charge in [0.05, 0.1) is 0 Å². The Morgan fingerprint density at radius 2 is 1.90 bits per heavy atom. The van der Waals surface area contributed by atoms with Gasteiger partial charge in [0.2, 0.25) is 10.0 Å². The molecule has 1 heterocycles. The Kier molecular flexibility index (Phi) is 3.51. The summed E-state index contributed by atoms with van der Waals surface area (Å²) in [5.41, 5.74) is 0.677. The third-order valence-electron chi connectivity index (χ3n) is 3.04. The van der Waals surface area contributed by atoms with Gasteiger partial charge in [-0.2, -0.15) is 13.2 Å². The molecule has 1 aliphatic rings. The second-order valence-electron chi connectivity index (χ2n) is 4.39. The summed E-state index contributed by atoms with van der Waals surface area (Å²) in [4.78, 5) is 11.6. The number of nitrogens with zero attached hydrogens (tertiary/aromatic N) is 1. The first-order chi connectivity index (χ1) is 9.12. The number of hydrogen-bond acceptors (Lipinski definition) is 3. The summed E-state index contributed by atoms with van der Waals surface area (Å²) in [6.07, 6.45) is -5.00. The minimum Gasteiger partial charge on any atom is -0.313 e. The van der Waals surface area contributed by atoms with Crippen molar-refractivity contribution in [2.45, 2.75) is 18.0 Å². The second kappa shape index (κ2) is 4.74. The van der Waals surface area contributed by atoms with Gasteiger partial charge in [-0.3, -0.25) is 4.79 Å². The zero-order valence-electron chi connectivity index (χ0n) is 10.1. The van der Waals surface area contributed by atoms with Crippen LogP contribution in [-0.2, 0) is 21.2 Å². The third kappa shape index (κ3) is 2.63. The lowest BCUT2D eigenvalue weighted by Crippen LogP contribution is -2.50. The van der Waals surface area contributed by atoms with E-state index in [2.05, 4.69) is 0 Å². The lowest BCUT2D eigenvalue weighted by Gasteiger charge is -2.35. The van der Waals surface area contributed by atoms with Crippen LogP contribution < -0.4 is 5.14 Å². The van der Waals surface area contributed by atoms with Gasteiger partial charge in [0.25, 0.3) is 0 Å². The Morgan fingerprint density at radius 3 is 2.45 bits per heavy atom. The highest BCUT2D eigenvalue weighted by Gasteiger charge is 2.48. The fraction of sp³-hybridized carbons (Fsp3) is 0.364. The molecule has 0 aromatic heterocycles. The molecule has 0 spiro atoms. The van der Waals surface area contributed by atoms with Gasteiger partial charge in [-0.15, -0.1) is 0 Å². The minimum absolute atomic E-state index is 0.110. The number of nitrogens with two attached hydrogens (primary N) is 1.